The Morgan fingerprint density at radius 3 is 2.14 bits per heavy atom. The minimum Gasteiger partial charge on any atom is -0.309 e. The third-order valence-electron chi connectivity index (χ3n) is 4.18. The van der Waals surface area contributed by atoms with Gasteiger partial charge in [-0.2, -0.15) is 0 Å². The molecular weight excluding hydrogens is 294 g/mol. The molecule has 1 unspecified atom stereocenters. The summed E-state index contributed by atoms with van der Waals surface area (Å²) in [6.45, 7) is 10.5. The first-order valence-corrected chi connectivity index (χ1v) is 9.63. The van der Waals surface area contributed by atoms with Gasteiger partial charge in [0.1, 0.15) is 0 Å². The first-order chi connectivity index (χ1) is 10.1. The Bertz CT molecular complexity index is 477. The summed E-state index contributed by atoms with van der Waals surface area (Å²) in [6.07, 6.45) is 1.10. The highest BCUT2D eigenvalue weighted by Crippen LogP contribution is 2.27. The van der Waals surface area contributed by atoms with Gasteiger partial charge in [-0.25, -0.2) is 0 Å². The van der Waals surface area contributed by atoms with Gasteiger partial charge < -0.3 is 5.32 Å². The van der Waals surface area contributed by atoms with E-state index in [0.29, 0.717) is 6.04 Å². The largest absolute Gasteiger partial charge is 0.309 e. The van der Waals surface area contributed by atoms with E-state index in [1.807, 2.05) is 22.7 Å². The van der Waals surface area contributed by atoms with Gasteiger partial charge in [-0.3, -0.25) is 0 Å². The second-order valence-electron chi connectivity index (χ2n) is 6.41. The Balaban J connectivity index is 2.02. The molecule has 0 saturated carbocycles. The van der Waals surface area contributed by atoms with Crippen LogP contribution in [0, 0.1) is 17.8 Å². The molecule has 116 valence electrons. The average molecular weight is 322 g/mol. The average Bonchev–Trinajstić information content (AvgIpc) is 3.10. The van der Waals surface area contributed by atoms with Gasteiger partial charge in [0, 0.05) is 22.2 Å². The predicted octanol–water partition coefficient (Wildman–Crippen LogP) is 5.61. The van der Waals surface area contributed by atoms with Gasteiger partial charge in [0.2, 0.25) is 0 Å². The quantitative estimate of drug-likeness (QED) is 0.666. The van der Waals surface area contributed by atoms with Crippen LogP contribution in [0.3, 0.4) is 0 Å². The van der Waals surface area contributed by atoms with Crippen LogP contribution < -0.4 is 5.32 Å². The molecule has 0 aliphatic heterocycles. The van der Waals surface area contributed by atoms with E-state index in [4.69, 9.17) is 0 Å². The van der Waals surface area contributed by atoms with Crippen molar-refractivity contribution in [2.45, 2.75) is 40.2 Å². The Hall–Kier alpha value is -0.640. The number of thiophene rings is 2. The third-order valence-corrected chi connectivity index (χ3v) is 6.07. The van der Waals surface area contributed by atoms with Crippen molar-refractivity contribution in [1.82, 2.24) is 5.32 Å². The summed E-state index contributed by atoms with van der Waals surface area (Å²) in [5, 5.41) is 8.19. The summed E-state index contributed by atoms with van der Waals surface area (Å²) in [4.78, 5) is 2.92. The van der Waals surface area contributed by atoms with Crippen molar-refractivity contribution in [2.24, 2.45) is 17.8 Å². The van der Waals surface area contributed by atoms with Crippen LogP contribution in [0.5, 0.6) is 0 Å². The number of hydrogen-bond donors (Lipinski definition) is 1. The van der Waals surface area contributed by atoms with Gasteiger partial charge in [0.15, 0.2) is 0 Å². The molecule has 2 heterocycles. The van der Waals surface area contributed by atoms with E-state index in [2.05, 4.69) is 68.0 Å². The van der Waals surface area contributed by atoms with Crippen molar-refractivity contribution >= 4 is 22.7 Å². The summed E-state index contributed by atoms with van der Waals surface area (Å²) in [5.41, 5.74) is 0. The summed E-state index contributed by atoms with van der Waals surface area (Å²) in [7, 11) is 0. The summed E-state index contributed by atoms with van der Waals surface area (Å²) in [6, 6.07) is 9.26. The number of rotatable bonds is 8. The minimum atomic E-state index is 0.448. The fourth-order valence-electron chi connectivity index (χ4n) is 2.91. The lowest BCUT2D eigenvalue weighted by molar-refractivity contribution is 0.266. The molecule has 3 heteroatoms. The van der Waals surface area contributed by atoms with Crippen LogP contribution in [-0.2, 0) is 6.42 Å². The monoisotopic (exact) mass is 321 g/mol. The SMILES string of the molecule is CC(C)C(CNC(Cc1cccs1)c1cccs1)C(C)C. The summed E-state index contributed by atoms with van der Waals surface area (Å²) < 4.78 is 0. The van der Waals surface area contributed by atoms with Crippen LogP contribution >= 0.6 is 22.7 Å². The van der Waals surface area contributed by atoms with Crippen LogP contribution in [0.15, 0.2) is 35.0 Å². The van der Waals surface area contributed by atoms with Crippen LogP contribution in [0.4, 0.5) is 0 Å². The van der Waals surface area contributed by atoms with Gasteiger partial charge in [-0.1, -0.05) is 39.8 Å². The zero-order valence-corrected chi connectivity index (χ0v) is 15.1. The normalized spacial score (nSPS) is 13.5. The van der Waals surface area contributed by atoms with Gasteiger partial charge in [0.25, 0.3) is 0 Å². The Morgan fingerprint density at radius 1 is 0.952 bits per heavy atom. The van der Waals surface area contributed by atoms with Crippen molar-refractivity contribution in [3.8, 4) is 0 Å². The molecule has 21 heavy (non-hydrogen) atoms. The standard InChI is InChI=1S/C18H27NS2/c1-13(2)16(14(3)4)12-19-17(18-8-6-10-21-18)11-15-7-5-9-20-15/h5-10,13-14,16-17,19H,11-12H2,1-4H3. The highest BCUT2D eigenvalue weighted by molar-refractivity contribution is 7.10. The lowest BCUT2D eigenvalue weighted by atomic mass is 9.85. The van der Waals surface area contributed by atoms with Gasteiger partial charge in [0.05, 0.1) is 0 Å². The van der Waals surface area contributed by atoms with Crippen LogP contribution in [0.2, 0.25) is 0 Å². The summed E-state index contributed by atoms with van der Waals surface area (Å²) >= 11 is 3.72. The second kappa shape index (κ2) is 8.11. The molecule has 0 bridgehead atoms. The zero-order chi connectivity index (χ0) is 15.2. The van der Waals surface area contributed by atoms with Gasteiger partial charge in [-0.15, -0.1) is 22.7 Å². The topological polar surface area (TPSA) is 12.0 Å². The third kappa shape index (κ3) is 4.94. The molecule has 2 aromatic heterocycles. The molecule has 0 aromatic carbocycles. The molecule has 0 fully saturated rings. The smallest absolute Gasteiger partial charge is 0.0463 e. The highest BCUT2D eigenvalue weighted by Gasteiger charge is 2.20. The predicted molar refractivity (Wildman–Crippen MR) is 96.3 cm³/mol. The maximum atomic E-state index is 3.84. The minimum absolute atomic E-state index is 0.448. The van der Waals surface area contributed by atoms with E-state index >= 15 is 0 Å². The Kier molecular flexibility index (Phi) is 6.46. The van der Waals surface area contributed by atoms with E-state index in [0.717, 1.165) is 30.7 Å². The summed E-state index contributed by atoms with van der Waals surface area (Å²) in [5.74, 6) is 2.18. The maximum Gasteiger partial charge on any atom is 0.0463 e. The van der Waals surface area contributed by atoms with Crippen LogP contribution in [0.25, 0.3) is 0 Å². The molecule has 0 radical (unpaired) electrons. The van der Waals surface area contributed by atoms with E-state index in [1.54, 1.807) is 0 Å². The van der Waals surface area contributed by atoms with Gasteiger partial charge in [-0.05, 0) is 47.2 Å². The molecule has 2 rings (SSSR count). The number of hydrogen-bond acceptors (Lipinski definition) is 3. The first-order valence-electron chi connectivity index (χ1n) is 7.87. The van der Waals surface area contributed by atoms with Gasteiger partial charge >= 0.3 is 0 Å². The van der Waals surface area contributed by atoms with E-state index in [-0.39, 0.29) is 0 Å². The Morgan fingerprint density at radius 2 is 1.62 bits per heavy atom. The molecule has 0 aliphatic rings. The van der Waals surface area contributed by atoms with E-state index in [9.17, 15) is 0 Å². The first kappa shape index (κ1) is 16.7. The fraction of sp³-hybridized carbons (Fsp3) is 0.556. The molecule has 0 aliphatic carbocycles. The molecule has 0 amide bonds. The Labute approximate surface area is 137 Å². The van der Waals surface area contributed by atoms with Crippen molar-refractivity contribution in [2.75, 3.05) is 6.54 Å². The van der Waals surface area contributed by atoms with Crippen LogP contribution in [-0.4, -0.2) is 6.54 Å². The number of nitrogens with one attached hydrogen (secondary N) is 1. The zero-order valence-electron chi connectivity index (χ0n) is 13.5. The highest BCUT2D eigenvalue weighted by atomic mass is 32.1. The molecule has 1 N–H and O–H groups in total. The van der Waals surface area contributed by atoms with E-state index in [1.165, 1.54) is 9.75 Å². The fourth-order valence-corrected chi connectivity index (χ4v) is 4.47. The second-order valence-corrected chi connectivity index (χ2v) is 8.42. The molecule has 0 spiro atoms. The molecule has 1 atom stereocenters. The van der Waals surface area contributed by atoms with E-state index < -0.39 is 0 Å². The van der Waals surface area contributed by atoms with Crippen molar-refractivity contribution in [1.29, 1.82) is 0 Å². The maximum absolute atomic E-state index is 3.84. The van der Waals surface area contributed by atoms with Crippen LogP contribution in [0.1, 0.15) is 43.5 Å². The lowest BCUT2D eigenvalue weighted by Gasteiger charge is -2.28. The molecule has 0 saturated heterocycles. The molecular formula is C18H27NS2. The molecule has 2 aromatic rings. The van der Waals surface area contributed by atoms with Crippen molar-refractivity contribution in [3.63, 3.8) is 0 Å². The van der Waals surface area contributed by atoms with Crippen molar-refractivity contribution < 1.29 is 0 Å². The lowest BCUT2D eigenvalue weighted by Crippen LogP contribution is -2.33. The van der Waals surface area contributed by atoms with Crippen molar-refractivity contribution in [3.05, 3.63) is 44.8 Å². The molecule has 1 nitrogen and oxygen atoms in total.